The third-order valence-electron chi connectivity index (χ3n) is 5.69. The first kappa shape index (κ1) is 26.1. The highest BCUT2D eigenvalue weighted by molar-refractivity contribution is 7.92. The van der Waals surface area contributed by atoms with E-state index < -0.39 is 31.5 Å². The lowest BCUT2D eigenvalue weighted by Gasteiger charge is -2.11. The molecule has 0 bridgehead atoms. The summed E-state index contributed by atoms with van der Waals surface area (Å²) in [6, 6.07) is 20.0. The number of hydrogen-bond donors (Lipinski definition) is 3. The number of rotatable bonds is 9. The Bertz CT molecular complexity index is 1700. The second kappa shape index (κ2) is 10.6. The lowest BCUT2D eigenvalue weighted by atomic mass is 10.0. The average Bonchev–Trinajstić information content (AvgIpc) is 2.90. The van der Waals surface area contributed by atoms with Gasteiger partial charge in [0.15, 0.2) is 0 Å². The van der Waals surface area contributed by atoms with Crippen LogP contribution in [0.15, 0.2) is 88.9 Å². The topological polar surface area (TPSA) is 160 Å². The largest absolute Gasteiger partial charge is 0.497 e. The number of sulfonamides is 1. The Morgan fingerprint density at radius 1 is 0.974 bits per heavy atom. The van der Waals surface area contributed by atoms with Crippen molar-refractivity contribution < 1.29 is 28.0 Å². The number of para-hydroxylation sites is 1. The van der Waals surface area contributed by atoms with Crippen molar-refractivity contribution in [3.63, 3.8) is 0 Å². The number of hydrazone groups is 1. The van der Waals surface area contributed by atoms with Crippen LogP contribution in [0.1, 0.15) is 22.8 Å². The smallest absolute Gasteiger partial charge is 0.337 e. The SMILES string of the molecule is COc1ccc2cc(/C(C)=N\Nc3ccc(S(=O)(=O)Nc4ccccc4C(=O)O)cc3[N+](=O)[O-])ccc2c1. The number of methoxy groups -OCH3 is 1. The molecule has 0 aliphatic heterocycles. The van der Waals surface area contributed by atoms with Crippen molar-refractivity contribution in [1.82, 2.24) is 0 Å². The molecule has 11 nitrogen and oxygen atoms in total. The molecule has 0 aliphatic rings. The van der Waals surface area contributed by atoms with Gasteiger partial charge in [-0.05, 0) is 65.7 Å². The van der Waals surface area contributed by atoms with E-state index in [0.717, 1.165) is 34.2 Å². The molecule has 0 atom stereocenters. The second-order valence-corrected chi connectivity index (χ2v) is 9.81. The maximum atomic E-state index is 12.9. The fraction of sp³-hybridized carbons (Fsp3) is 0.0769. The summed E-state index contributed by atoms with van der Waals surface area (Å²) in [6.07, 6.45) is 0. The summed E-state index contributed by atoms with van der Waals surface area (Å²) in [6.45, 7) is 1.73. The summed E-state index contributed by atoms with van der Waals surface area (Å²) in [5, 5.41) is 27.2. The van der Waals surface area contributed by atoms with Gasteiger partial charge in [0, 0.05) is 6.07 Å². The average molecular weight is 535 g/mol. The Balaban J connectivity index is 1.60. The van der Waals surface area contributed by atoms with Crippen molar-refractivity contribution in [2.75, 3.05) is 17.3 Å². The van der Waals surface area contributed by atoms with Crippen molar-refractivity contribution in [2.24, 2.45) is 5.10 Å². The van der Waals surface area contributed by atoms with E-state index in [0.29, 0.717) is 5.71 Å². The first-order valence-electron chi connectivity index (χ1n) is 11.1. The number of fused-ring (bicyclic) bond motifs is 1. The van der Waals surface area contributed by atoms with Gasteiger partial charge in [0.25, 0.3) is 15.7 Å². The van der Waals surface area contributed by atoms with E-state index in [2.05, 4.69) is 15.2 Å². The van der Waals surface area contributed by atoms with Gasteiger partial charge in [-0.3, -0.25) is 20.3 Å². The van der Waals surface area contributed by atoms with E-state index in [9.17, 15) is 28.4 Å². The van der Waals surface area contributed by atoms with E-state index in [1.165, 1.54) is 30.3 Å². The number of carboxylic acids is 1. The van der Waals surface area contributed by atoms with Gasteiger partial charge in [-0.25, -0.2) is 13.2 Å². The lowest BCUT2D eigenvalue weighted by Crippen LogP contribution is -2.16. The zero-order valence-electron chi connectivity index (χ0n) is 20.2. The Morgan fingerprint density at radius 3 is 2.39 bits per heavy atom. The molecular weight excluding hydrogens is 512 g/mol. The van der Waals surface area contributed by atoms with E-state index >= 15 is 0 Å². The highest BCUT2D eigenvalue weighted by Gasteiger charge is 2.23. The number of nitrogens with zero attached hydrogens (tertiary/aromatic N) is 2. The minimum Gasteiger partial charge on any atom is -0.497 e. The molecule has 0 heterocycles. The van der Waals surface area contributed by atoms with Crippen molar-refractivity contribution >= 4 is 49.5 Å². The van der Waals surface area contributed by atoms with Gasteiger partial charge < -0.3 is 9.84 Å². The van der Waals surface area contributed by atoms with Gasteiger partial charge in [-0.15, -0.1) is 0 Å². The molecule has 0 aliphatic carbocycles. The number of nitro groups is 1. The number of ether oxygens (including phenoxy) is 1. The van der Waals surface area contributed by atoms with Crippen LogP contribution >= 0.6 is 0 Å². The van der Waals surface area contributed by atoms with Crippen LogP contribution in [0.3, 0.4) is 0 Å². The summed E-state index contributed by atoms with van der Waals surface area (Å²) in [4.78, 5) is 22.0. The van der Waals surface area contributed by atoms with Crippen LogP contribution in [-0.2, 0) is 10.0 Å². The lowest BCUT2D eigenvalue weighted by molar-refractivity contribution is -0.384. The number of benzene rings is 4. The van der Waals surface area contributed by atoms with E-state index in [1.807, 2.05) is 36.4 Å². The van der Waals surface area contributed by atoms with E-state index in [-0.39, 0.29) is 16.9 Å². The zero-order valence-corrected chi connectivity index (χ0v) is 21.0. The van der Waals surface area contributed by atoms with E-state index in [4.69, 9.17) is 4.74 Å². The molecule has 12 heteroatoms. The minimum absolute atomic E-state index is 0.0234. The first-order valence-corrected chi connectivity index (χ1v) is 12.6. The van der Waals surface area contributed by atoms with Crippen molar-refractivity contribution in [1.29, 1.82) is 0 Å². The van der Waals surface area contributed by atoms with Gasteiger partial charge in [0.2, 0.25) is 0 Å². The van der Waals surface area contributed by atoms with Gasteiger partial charge in [0.05, 0.1) is 33.9 Å². The van der Waals surface area contributed by atoms with Crippen LogP contribution in [0, 0.1) is 10.1 Å². The number of nitro benzene ring substituents is 1. The van der Waals surface area contributed by atoms with E-state index in [1.54, 1.807) is 14.0 Å². The molecule has 0 saturated carbocycles. The van der Waals surface area contributed by atoms with Crippen molar-refractivity contribution in [3.8, 4) is 5.75 Å². The Labute approximate surface area is 217 Å². The van der Waals surface area contributed by atoms with Crippen LogP contribution in [0.4, 0.5) is 17.1 Å². The number of carbonyl (C=O) groups is 1. The normalized spacial score (nSPS) is 11.7. The second-order valence-electron chi connectivity index (χ2n) is 8.13. The van der Waals surface area contributed by atoms with Crippen LogP contribution in [0.25, 0.3) is 10.8 Å². The molecule has 4 rings (SSSR count). The number of aromatic carboxylic acids is 1. The quantitative estimate of drug-likeness (QED) is 0.152. The molecule has 0 radical (unpaired) electrons. The third-order valence-corrected chi connectivity index (χ3v) is 7.05. The minimum atomic E-state index is -4.33. The van der Waals surface area contributed by atoms with Crippen LogP contribution in [0.2, 0.25) is 0 Å². The Morgan fingerprint density at radius 2 is 1.68 bits per heavy atom. The molecule has 194 valence electrons. The molecule has 0 unspecified atom stereocenters. The molecular formula is C26H22N4O7S. The van der Waals surface area contributed by atoms with Gasteiger partial charge in [-0.2, -0.15) is 5.10 Å². The predicted molar refractivity (Wildman–Crippen MR) is 144 cm³/mol. The van der Waals surface area contributed by atoms with Crippen molar-refractivity contribution in [2.45, 2.75) is 11.8 Å². The van der Waals surface area contributed by atoms with Crippen LogP contribution < -0.4 is 14.9 Å². The maximum absolute atomic E-state index is 12.9. The van der Waals surface area contributed by atoms with Gasteiger partial charge in [0.1, 0.15) is 11.4 Å². The summed E-state index contributed by atoms with van der Waals surface area (Å²) >= 11 is 0. The summed E-state index contributed by atoms with van der Waals surface area (Å²) in [5.74, 6) is -0.593. The predicted octanol–water partition coefficient (Wildman–Crippen LogP) is 5.09. The molecule has 4 aromatic carbocycles. The molecule has 0 amide bonds. The Kier molecular flexibility index (Phi) is 7.26. The molecule has 4 aromatic rings. The standard InChI is InChI=1S/C26H22N4O7S/c1-16(17-7-8-19-14-20(37-2)10-9-18(19)13-17)27-28-24-12-11-21(15-25(24)30(33)34)38(35,36)29-23-6-4-3-5-22(23)26(31)32/h3-15,28-29H,1-2H3,(H,31,32)/b27-16-. The molecule has 38 heavy (non-hydrogen) atoms. The third kappa shape index (κ3) is 5.55. The highest BCUT2D eigenvalue weighted by Crippen LogP contribution is 2.29. The number of hydrogen-bond acceptors (Lipinski definition) is 8. The summed E-state index contributed by atoms with van der Waals surface area (Å²) in [7, 11) is -2.74. The van der Waals surface area contributed by atoms with Gasteiger partial charge >= 0.3 is 5.97 Å². The monoisotopic (exact) mass is 534 g/mol. The van der Waals surface area contributed by atoms with Crippen molar-refractivity contribution in [3.05, 3.63) is 100 Å². The molecule has 0 spiro atoms. The van der Waals surface area contributed by atoms with Gasteiger partial charge in [-0.1, -0.05) is 30.3 Å². The first-order chi connectivity index (χ1) is 18.1. The highest BCUT2D eigenvalue weighted by atomic mass is 32.2. The molecule has 3 N–H and O–H groups in total. The fourth-order valence-corrected chi connectivity index (χ4v) is 4.77. The fourth-order valence-electron chi connectivity index (χ4n) is 3.67. The number of nitrogens with one attached hydrogen (secondary N) is 2. The Hall–Kier alpha value is -4.97. The maximum Gasteiger partial charge on any atom is 0.337 e. The van der Waals surface area contributed by atoms with Crippen LogP contribution in [0.5, 0.6) is 5.75 Å². The molecule has 0 aromatic heterocycles. The number of anilines is 2. The molecule has 0 saturated heterocycles. The number of carboxylic acid groups (broad SMARTS) is 1. The van der Waals surface area contributed by atoms with Crippen LogP contribution in [-0.4, -0.2) is 37.2 Å². The summed E-state index contributed by atoms with van der Waals surface area (Å²) in [5.41, 5.74) is 2.98. The zero-order chi connectivity index (χ0) is 27.4. The summed E-state index contributed by atoms with van der Waals surface area (Å²) < 4.78 is 33.2. The molecule has 0 fully saturated rings.